The van der Waals surface area contributed by atoms with E-state index in [9.17, 15) is 8.42 Å². The number of nitrogen functional groups attached to an aromatic ring is 1. The fraction of sp³-hybridized carbons (Fsp3) is 0.125. The Labute approximate surface area is 135 Å². The Morgan fingerprint density at radius 1 is 1.13 bits per heavy atom. The molecule has 1 aromatic heterocycles. The Bertz CT molecular complexity index is 794. The van der Waals surface area contributed by atoms with Gasteiger partial charge in [-0.1, -0.05) is 30.4 Å². The molecule has 1 aromatic carbocycles. The first-order chi connectivity index (χ1) is 11.0. The lowest BCUT2D eigenvalue weighted by molar-refractivity contribution is 0.595. The van der Waals surface area contributed by atoms with Crippen LogP contribution in [0.25, 0.3) is 0 Å². The van der Waals surface area contributed by atoms with Gasteiger partial charge in [0.25, 0.3) is 0 Å². The van der Waals surface area contributed by atoms with Gasteiger partial charge in [0.1, 0.15) is 10.7 Å². The van der Waals surface area contributed by atoms with Crippen molar-refractivity contribution in [2.75, 3.05) is 23.7 Å². The minimum Gasteiger partial charge on any atom is -0.382 e. The van der Waals surface area contributed by atoms with Crippen molar-refractivity contribution in [3.63, 3.8) is 0 Å². The van der Waals surface area contributed by atoms with E-state index in [-0.39, 0.29) is 15.6 Å². The first-order valence-corrected chi connectivity index (χ1v) is 8.38. The van der Waals surface area contributed by atoms with Crippen molar-refractivity contribution in [2.24, 2.45) is 0 Å². The predicted molar refractivity (Wildman–Crippen MR) is 90.9 cm³/mol. The van der Waals surface area contributed by atoms with Crippen LogP contribution in [0, 0.1) is 0 Å². The topological polar surface area (TPSA) is 89.2 Å². The number of sulfone groups is 1. The molecule has 0 unspecified atom stereocenters. The van der Waals surface area contributed by atoms with E-state index in [1.165, 1.54) is 18.3 Å². The Morgan fingerprint density at radius 2 is 1.74 bits per heavy atom. The van der Waals surface area contributed by atoms with Crippen molar-refractivity contribution in [1.29, 1.82) is 0 Å². The largest absolute Gasteiger partial charge is 0.382 e. The number of nitrogens with zero attached hydrogens (tertiary/aromatic N) is 3. The van der Waals surface area contributed by atoms with Crippen molar-refractivity contribution in [3.8, 4) is 0 Å². The molecule has 0 aliphatic rings. The second-order valence-corrected chi connectivity index (χ2v) is 6.64. The van der Waals surface area contributed by atoms with Gasteiger partial charge in [-0.15, -0.1) is 13.2 Å². The molecule has 0 bridgehead atoms. The van der Waals surface area contributed by atoms with Gasteiger partial charge in [-0.2, -0.15) is 4.98 Å². The summed E-state index contributed by atoms with van der Waals surface area (Å²) in [7, 11) is -3.75. The van der Waals surface area contributed by atoms with Gasteiger partial charge in [-0.25, -0.2) is 13.4 Å². The lowest BCUT2D eigenvalue weighted by Crippen LogP contribution is -2.26. The summed E-state index contributed by atoms with van der Waals surface area (Å²) >= 11 is 0. The highest BCUT2D eigenvalue weighted by atomic mass is 32.2. The summed E-state index contributed by atoms with van der Waals surface area (Å²) in [6, 6.07) is 8.04. The SMILES string of the molecule is C=CCN(CC=C)c1ncc(S(=O)(=O)c2ccccc2)c(N)n1. The molecule has 0 fully saturated rings. The smallest absolute Gasteiger partial charge is 0.227 e. The second kappa shape index (κ2) is 7.06. The van der Waals surface area contributed by atoms with Gasteiger partial charge in [-0.3, -0.25) is 0 Å². The summed E-state index contributed by atoms with van der Waals surface area (Å²) in [5.41, 5.74) is 5.87. The Kier molecular flexibility index (Phi) is 5.13. The summed E-state index contributed by atoms with van der Waals surface area (Å²) in [5, 5.41) is 0. The van der Waals surface area contributed by atoms with Gasteiger partial charge in [-0.05, 0) is 12.1 Å². The average Bonchev–Trinajstić information content (AvgIpc) is 2.55. The van der Waals surface area contributed by atoms with E-state index >= 15 is 0 Å². The molecular weight excluding hydrogens is 312 g/mol. The van der Waals surface area contributed by atoms with Crippen LogP contribution >= 0.6 is 0 Å². The Hall–Kier alpha value is -2.67. The van der Waals surface area contributed by atoms with Crippen LogP contribution in [0.15, 0.2) is 71.6 Å². The van der Waals surface area contributed by atoms with Crippen molar-refractivity contribution in [3.05, 3.63) is 61.8 Å². The van der Waals surface area contributed by atoms with Crippen LogP contribution in [0.4, 0.5) is 11.8 Å². The van der Waals surface area contributed by atoms with Gasteiger partial charge in [0.15, 0.2) is 0 Å². The molecule has 0 saturated carbocycles. The predicted octanol–water partition coefficient (Wildman–Crippen LogP) is 2.07. The molecule has 2 aromatic rings. The third-order valence-corrected chi connectivity index (χ3v) is 4.88. The van der Waals surface area contributed by atoms with Crippen LogP contribution in [0.2, 0.25) is 0 Å². The number of nitrogens with two attached hydrogens (primary N) is 1. The molecule has 6 nitrogen and oxygen atoms in total. The lowest BCUT2D eigenvalue weighted by atomic mass is 10.4. The number of anilines is 2. The van der Waals surface area contributed by atoms with E-state index in [1.807, 2.05) is 0 Å². The van der Waals surface area contributed by atoms with Crippen LogP contribution in [-0.4, -0.2) is 31.5 Å². The second-order valence-electron chi connectivity index (χ2n) is 4.72. The third-order valence-electron chi connectivity index (χ3n) is 3.10. The molecule has 0 atom stereocenters. The summed E-state index contributed by atoms with van der Waals surface area (Å²) in [4.78, 5) is 10.1. The molecule has 23 heavy (non-hydrogen) atoms. The molecule has 2 N–H and O–H groups in total. The van der Waals surface area contributed by atoms with E-state index in [2.05, 4.69) is 23.1 Å². The summed E-state index contributed by atoms with van der Waals surface area (Å²) in [5.74, 6) is 0.242. The number of rotatable bonds is 7. The molecule has 0 spiro atoms. The Morgan fingerprint density at radius 3 is 2.26 bits per heavy atom. The zero-order valence-electron chi connectivity index (χ0n) is 12.6. The highest BCUT2D eigenvalue weighted by molar-refractivity contribution is 7.91. The van der Waals surface area contributed by atoms with Crippen molar-refractivity contribution >= 4 is 21.6 Å². The maximum absolute atomic E-state index is 12.6. The van der Waals surface area contributed by atoms with E-state index in [4.69, 9.17) is 5.73 Å². The zero-order valence-corrected chi connectivity index (χ0v) is 13.4. The molecule has 120 valence electrons. The number of hydrogen-bond donors (Lipinski definition) is 1. The zero-order chi connectivity index (χ0) is 16.9. The van der Waals surface area contributed by atoms with E-state index < -0.39 is 9.84 Å². The van der Waals surface area contributed by atoms with Crippen molar-refractivity contribution in [1.82, 2.24) is 9.97 Å². The molecule has 0 radical (unpaired) electrons. The first-order valence-electron chi connectivity index (χ1n) is 6.90. The highest BCUT2D eigenvalue weighted by Gasteiger charge is 2.22. The van der Waals surface area contributed by atoms with Gasteiger partial charge in [0.05, 0.1) is 11.1 Å². The molecule has 0 saturated heterocycles. The number of hydrogen-bond acceptors (Lipinski definition) is 6. The van der Waals surface area contributed by atoms with Gasteiger partial charge >= 0.3 is 0 Å². The average molecular weight is 330 g/mol. The summed E-state index contributed by atoms with van der Waals surface area (Å²) in [6.07, 6.45) is 4.62. The van der Waals surface area contributed by atoms with Crippen LogP contribution < -0.4 is 10.6 Å². The molecule has 0 aliphatic carbocycles. The van der Waals surface area contributed by atoms with Crippen LogP contribution in [0.1, 0.15) is 0 Å². The summed E-state index contributed by atoms with van der Waals surface area (Å²) in [6.45, 7) is 8.33. The maximum atomic E-state index is 12.6. The first kappa shape index (κ1) is 16.7. The molecule has 7 heteroatoms. The number of benzene rings is 1. The van der Waals surface area contributed by atoms with Crippen molar-refractivity contribution in [2.45, 2.75) is 9.79 Å². The molecule has 0 aliphatic heterocycles. The molecule has 2 rings (SSSR count). The molecule has 1 heterocycles. The van der Waals surface area contributed by atoms with Crippen molar-refractivity contribution < 1.29 is 8.42 Å². The fourth-order valence-corrected chi connectivity index (χ4v) is 3.29. The lowest BCUT2D eigenvalue weighted by Gasteiger charge is -2.19. The third kappa shape index (κ3) is 3.57. The quantitative estimate of drug-likeness (QED) is 0.782. The number of aromatic nitrogens is 2. The maximum Gasteiger partial charge on any atom is 0.227 e. The normalized spacial score (nSPS) is 11.0. The van der Waals surface area contributed by atoms with Crippen LogP contribution in [-0.2, 0) is 9.84 Å². The van der Waals surface area contributed by atoms with E-state index in [0.717, 1.165) is 0 Å². The molecule has 0 amide bonds. The minimum absolute atomic E-state index is 0.0861. The standard InChI is InChI=1S/C16H18N4O2S/c1-3-10-20(11-4-2)16-18-12-14(15(17)19-16)23(21,22)13-8-6-5-7-9-13/h3-9,12H,1-2,10-11H2,(H2,17,18,19). The fourth-order valence-electron chi connectivity index (χ4n) is 2.01. The van der Waals surface area contributed by atoms with Crippen LogP contribution in [0.5, 0.6) is 0 Å². The highest BCUT2D eigenvalue weighted by Crippen LogP contribution is 2.25. The van der Waals surface area contributed by atoms with Gasteiger partial charge in [0, 0.05) is 13.1 Å². The summed E-state index contributed by atoms with van der Waals surface area (Å²) < 4.78 is 25.2. The van der Waals surface area contributed by atoms with E-state index in [1.54, 1.807) is 35.3 Å². The van der Waals surface area contributed by atoms with E-state index in [0.29, 0.717) is 19.0 Å². The monoisotopic (exact) mass is 330 g/mol. The van der Waals surface area contributed by atoms with Gasteiger partial charge < -0.3 is 10.6 Å². The molecular formula is C16H18N4O2S. The minimum atomic E-state index is -3.75. The van der Waals surface area contributed by atoms with Gasteiger partial charge in [0.2, 0.25) is 15.8 Å². The Balaban J connectivity index is 2.43. The van der Waals surface area contributed by atoms with Crippen LogP contribution in [0.3, 0.4) is 0 Å².